The van der Waals surface area contributed by atoms with E-state index in [1.807, 2.05) is 6.92 Å². The summed E-state index contributed by atoms with van der Waals surface area (Å²) in [5, 5.41) is 19.3. The van der Waals surface area contributed by atoms with Gasteiger partial charge in [0.15, 0.2) is 0 Å². The van der Waals surface area contributed by atoms with Gasteiger partial charge in [-0.25, -0.2) is 0 Å². The molecule has 0 saturated heterocycles. The highest BCUT2D eigenvalue weighted by Gasteiger charge is 2.28. The topological polar surface area (TPSA) is 40.5 Å². The lowest BCUT2D eigenvalue weighted by molar-refractivity contribution is -0.0314. The molecule has 0 aromatic rings. The minimum atomic E-state index is -0.515. The molecule has 2 atom stereocenters. The van der Waals surface area contributed by atoms with Crippen molar-refractivity contribution in [2.45, 2.75) is 58.2 Å². The normalized spacial score (nSPS) is 34.2. The first-order valence-electron chi connectivity index (χ1n) is 5.51. The predicted molar refractivity (Wildman–Crippen MR) is 53.4 cm³/mol. The predicted octanol–water partition coefficient (Wildman–Crippen LogP) is 1.94. The Balaban J connectivity index is 2.35. The molecule has 0 spiro atoms. The van der Waals surface area contributed by atoms with Gasteiger partial charge in [-0.05, 0) is 31.1 Å². The van der Waals surface area contributed by atoms with Crippen LogP contribution < -0.4 is 0 Å². The molecule has 0 aliphatic heterocycles. The molecule has 1 fully saturated rings. The van der Waals surface area contributed by atoms with Crippen LogP contribution in [0.5, 0.6) is 0 Å². The summed E-state index contributed by atoms with van der Waals surface area (Å²) in [5.74, 6) is 1.15. The molecule has 0 aromatic carbocycles. The highest BCUT2D eigenvalue weighted by molar-refractivity contribution is 4.79. The maximum absolute atomic E-state index is 9.78. The quantitative estimate of drug-likeness (QED) is 0.707. The van der Waals surface area contributed by atoms with Gasteiger partial charge in [0, 0.05) is 0 Å². The Morgan fingerprint density at radius 1 is 1.15 bits per heavy atom. The maximum Gasteiger partial charge on any atom is 0.0827 e. The van der Waals surface area contributed by atoms with E-state index >= 15 is 0 Å². The highest BCUT2D eigenvalue weighted by Crippen LogP contribution is 2.31. The molecule has 0 radical (unpaired) electrons. The van der Waals surface area contributed by atoms with E-state index in [2.05, 4.69) is 6.92 Å². The number of hydrogen-bond donors (Lipinski definition) is 2. The Hall–Kier alpha value is -0.0800. The molecule has 2 heteroatoms. The Kier molecular flexibility index (Phi) is 4.20. The maximum atomic E-state index is 9.78. The van der Waals surface area contributed by atoms with Crippen molar-refractivity contribution >= 4 is 0 Å². The van der Waals surface area contributed by atoms with Crippen LogP contribution in [0.3, 0.4) is 0 Å². The Morgan fingerprint density at radius 2 is 1.69 bits per heavy atom. The van der Waals surface area contributed by atoms with E-state index in [9.17, 15) is 10.2 Å². The fourth-order valence-electron chi connectivity index (χ4n) is 2.18. The number of aliphatic hydroxyl groups is 2. The summed E-state index contributed by atoms with van der Waals surface area (Å²) < 4.78 is 0. The third kappa shape index (κ3) is 2.96. The molecule has 0 bridgehead atoms. The first-order valence-corrected chi connectivity index (χ1v) is 5.51. The van der Waals surface area contributed by atoms with E-state index in [4.69, 9.17) is 0 Å². The summed E-state index contributed by atoms with van der Waals surface area (Å²) in [6.45, 7) is 4.18. The van der Waals surface area contributed by atoms with Gasteiger partial charge in [0.05, 0.1) is 12.2 Å². The number of hydrogen-bond acceptors (Lipinski definition) is 2. The number of rotatable bonds is 3. The summed E-state index contributed by atoms with van der Waals surface area (Å²) >= 11 is 0. The summed E-state index contributed by atoms with van der Waals surface area (Å²) in [6, 6.07) is 0. The zero-order valence-electron chi connectivity index (χ0n) is 8.74. The van der Waals surface area contributed by atoms with E-state index in [0.717, 1.165) is 18.8 Å². The average Bonchev–Trinajstić information content (AvgIpc) is 2.17. The van der Waals surface area contributed by atoms with E-state index < -0.39 is 12.2 Å². The standard InChI is InChI=1S/C11H22O2/c1-3-10(12)11(13)9-6-4-8(2)5-7-9/h8-13H,3-7H2,1-2H3. The molecule has 1 rings (SSSR count). The zero-order chi connectivity index (χ0) is 9.84. The summed E-state index contributed by atoms with van der Waals surface area (Å²) in [5.41, 5.74) is 0. The monoisotopic (exact) mass is 186 g/mol. The molecular formula is C11H22O2. The van der Waals surface area contributed by atoms with Gasteiger partial charge in [0.25, 0.3) is 0 Å². The van der Waals surface area contributed by atoms with Gasteiger partial charge < -0.3 is 10.2 Å². The van der Waals surface area contributed by atoms with Crippen LogP contribution in [0.1, 0.15) is 46.0 Å². The molecule has 78 valence electrons. The smallest absolute Gasteiger partial charge is 0.0827 e. The molecule has 2 N–H and O–H groups in total. The lowest BCUT2D eigenvalue weighted by Gasteiger charge is -2.31. The van der Waals surface area contributed by atoms with Crippen LogP contribution in [-0.4, -0.2) is 22.4 Å². The van der Waals surface area contributed by atoms with Crippen molar-refractivity contribution in [1.82, 2.24) is 0 Å². The van der Waals surface area contributed by atoms with Crippen molar-refractivity contribution in [3.63, 3.8) is 0 Å². The zero-order valence-corrected chi connectivity index (χ0v) is 8.74. The van der Waals surface area contributed by atoms with Gasteiger partial charge in [-0.15, -0.1) is 0 Å². The van der Waals surface area contributed by atoms with Gasteiger partial charge >= 0.3 is 0 Å². The second-order valence-electron chi connectivity index (χ2n) is 4.49. The third-order valence-electron chi connectivity index (χ3n) is 3.36. The van der Waals surface area contributed by atoms with Gasteiger partial charge in [0.1, 0.15) is 0 Å². The van der Waals surface area contributed by atoms with Crippen LogP contribution in [0, 0.1) is 11.8 Å². The van der Waals surface area contributed by atoms with E-state index in [1.54, 1.807) is 0 Å². The molecule has 0 aromatic heterocycles. The number of aliphatic hydroxyl groups excluding tert-OH is 2. The second kappa shape index (κ2) is 4.97. The van der Waals surface area contributed by atoms with Crippen molar-refractivity contribution in [2.75, 3.05) is 0 Å². The van der Waals surface area contributed by atoms with Crippen molar-refractivity contribution in [3.05, 3.63) is 0 Å². The van der Waals surface area contributed by atoms with Crippen LogP contribution in [-0.2, 0) is 0 Å². The van der Waals surface area contributed by atoms with Crippen LogP contribution >= 0.6 is 0 Å². The van der Waals surface area contributed by atoms with Crippen molar-refractivity contribution in [3.8, 4) is 0 Å². The fourth-order valence-corrected chi connectivity index (χ4v) is 2.18. The minimum Gasteiger partial charge on any atom is -0.390 e. The van der Waals surface area contributed by atoms with Crippen molar-refractivity contribution < 1.29 is 10.2 Å². The summed E-state index contributed by atoms with van der Waals surface area (Å²) in [6.07, 6.45) is 4.23. The Morgan fingerprint density at radius 3 is 2.15 bits per heavy atom. The molecule has 1 saturated carbocycles. The summed E-state index contributed by atoms with van der Waals surface area (Å²) in [4.78, 5) is 0. The molecule has 2 unspecified atom stereocenters. The van der Waals surface area contributed by atoms with Crippen molar-refractivity contribution in [2.24, 2.45) is 11.8 Å². The lowest BCUT2D eigenvalue weighted by atomic mass is 9.78. The van der Waals surface area contributed by atoms with Crippen LogP contribution in [0.15, 0.2) is 0 Å². The molecule has 0 heterocycles. The van der Waals surface area contributed by atoms with Gasteiger partial charge in [0.2, 0.25) is 0 Å². The van der Waals surface area contributed by atoms with Crippen LogP contribution in [0.25, 0.3) is 0 Å². The Labute approximate surface area is 81.0 Å². The molecule has 1 aliphatic carbocycles. The Bertz CT molecular complexity index is 139. The first kappa shape index (κ1) is 11.0. The third-order valence-corrected chi connectivity index (χ3v) is 3.36. The minimum absolute atomic E-state index is 0.339. The van der Waals surface area contributed by atoms with Crippen LogP contribution in [0.4, 0.5) is 0 Å². The molecule has 2 nitrogen and oxygen atoms in total. The van der Waals surface area contributed by atoms with E-state index in [1.165, 1.54) is 12.8 Å². The molecule has 0 amide bonds. The highest BCUT2D eigenvalue weighted by atomic mass is 16.3. The van der Waals surface area contributed by atoms with Gasteiger partial charge in [-0.2, -0.15) is 0 Å². The average molecular weight is 186 g/mol. The molecule has 1 aliphatic rings. The van der Waals surface area contributed by atoms with Crippen LogP contribution in [0.2, 0.25) is 0 Å². The van der Waals surface area contributed by atoms with Gasteiger partial charge in [-0.1, -0.05) is 26.7 Å². The fraction of sp³-hybridized carbons (Fsp3) is 1.00. The van der Waals surface area contributed by atoms with E-state index in [-0.39, 0.29) is 0 Å². The summed E-state index contributed by atoms with van der Waals surface area (Å²) in [7, 11) is 0. The lowest BCUT2D eigenvalue weighted by Crippen LogP contribution is -2.35. The second-order valence-corrected chi connectivity index (χ2v) is 4.49. The van der Waals surface area contributed by atoms with Gasteiger partial charge in [-0.3, -0.25) is 0 Å². The molecule has 13 heavy (non-hydrogen) atoms. The first-order chi connectivity index (χ1) is 6.15. The largest absolute Gasteiger partial charge is 0.390 e. The van der Waals surface area contributed by atoms with Crippen molar-refractivity contribution in [1.29, 1.82) is 0 Å². The SMILES string of the molecule is CCC(O)C(O)C1CCC(C)CC1. The molecular weight excluding hydrogens is 164 g/mol. The van der Waals surface area contributed by atoms with E-state index in [0.29, 0.717) is 12.3 Å².